The summed E-state index contributed by atoms with van der Waals surface area (Å²) in [7, 11) is 0. The summed E-state index contributed by atoms with van der Waals surface area (Å²) < 4.78 is 8.90. The van der Waals surface area contributed by atoms with E-state index in [1.807, 2.05) is 12.1 Å². The number of aryl methyl sites for hydroxylation is 2. The minimum atomic E-state index is -1.11. The fourth-order valence-electron chi connectivity index (χ4n) is 6.34. The number of cyclic esters (lactones) is 1. The van der Waals surface area contributed by atoms with Gasteiger partial charge in [0.15, 0.2) is 0 Å². The van der Waals surface area contributed by atoms with Crippen LogP contribution < -0.4 is 4.90 Å². The van der Waals surface area contributed by atoms with Crippen LogP contribution >= 0.6 is 0 Å². The third-order valence-electron chi connectivity index (χ3n) is 8.28. The van der Waals surface area contributed by atoms with Crippen molar-refractivity contribution in [3.05, 3.63) is 94.4 Å². The largest absolute Gasteiger partial charge is 0.439 e. The maximum atomic E-state index is 13.5. The van der Waals surface area contributed by atoms with Crippen molar-refractivity contribution in [2.75, 3.05) is 18.0 Å². The number of anilines is 1. The minimum Gasteiger partial charge on any atom is -0.439 e. The van der Waals surface area contributed by atoms with E-state index < -0.39 is 5.60 Å². The van der Waals surface area contributed by atoms with E-state index in [0.717, 1.165) is 53.8 Å². The molecule has 1 aliphatic heterocycles. The Hall–Kier alpha value is -3.60. The Labute approximate surface area is 232 Å². The van der Waals surface area contributed by atoms with Crippen LogP contribution in [0.2, 0.25) is 0 Å². The van der Waals surface area contributed by atoms with Gasteiger partial charge in [-0.05, 0) is 69.0 Å². The van der Waals surface area contributed by atoms with Gasteiger partial charge in [0.05, 0.1) is 5.56 Å². The fourth-order valence-corrected chi connectivity index (χ4v) is 6.34. The van der Waals surface area contributed by atoms with Crippen LogP contribution in [0.1, 0.15) is 91.8 Å². The third-order valence-corrected chi connectivity index (χ3v) is 8.28. The molecular formula is C34H41N3O2. The van der Waals surface area contributed by atoms with Gasteiger partial charge in [0, 0.05) is 59.2 Å². The SMILES string of the molecule is CCCCN(CCCC)c1ccc(C2(c3c(C)n(CC)c4ccccc34)OC(=O)c3cccnc32)c(CC)c1. The molecule has 5 heteroatoms. The Kier molecular flexibility index (Phi) is 7.79. The molecule has 0 N–H and O–H groups in total. The van der Waals surface area contributed by atoms with Crippen molar-refractivity contribution in [3.63, 3.8) is 0 Å². The van der Waals surface area contributed by atoms with Crippen molar-refractivity contribution in [2.45, 2.75) is 78.9 Å². The molecule has 1 aliphatic rings. The number of carbonyl (C=O) groups excluding carboxylic acids is 1. The molecule has 2 aromatic heterocycles. The van der Waals surface area contributed by atoms with Crippen molar-refractivity contribution in [2.24, 2.45) is 0 Å². The first kappa shape index (κ1) is 27.0. The van der Waals surface area contributed by atoms with E-state index in [2.05, 4.69) is 86.6 Å². The number of fused-ring (bicyclic) bond motifs is 2. The molecule has 1 unspecified atom stereocenters. The Morgan fingerprint density at radius 3 is 2.38 bits per heavy atom. The van der Waals surface area contributed by atoms with Gasteiger partial charge in [0.2, 0.25) is 5.60 Å². The highest BCUT2D eigenvalue weighted by atomic mass is 16.6. The molecule has 0 radical (unpaired) electrons. The van der Waals surface area contributed by atoms with Gasteiger partial charge in [-0.1, -0.05) is 57.9 Å². The molecular weight excluding hydrogens is 482 g/mol. The van der Waals surface area contributed by atoms with Gasteiger partial charge in [-0.3, -0.25) is 4.98 Å². The van der Waals surface area contributed by atoms with Crippen molar-refractivity contribution in [1.82, 2.24) is 9.55 Å². The van der Waals surface area contributed by atoms with E-state index in [1.165, 1.54) is 36.9 Å². The molecule has 0 saturated carbocycles. The number of ether oxygens (including phenoxy) is 1. The van der Waals surface area contributed by atoms with E-state index in [4.69, 9.17) is 9.72 Å². The molecule has 204 valence electrons. The molecule has 5 rings (SSSR count). The van der Waals surface area contributed by atoms with Crippen LogP contribution in [0, 0.1) is 6.92 Å². The maximum Gasteiger partial charge on any atom is 0.341 e. The topological polar surface area (TPSA) is 47.4 Å². The highest BCUT2D eigenvalue weighted by Crippen LogP contribution is 2.51. The Balaban J connectivity index is 1.79. The van der Waals surface area contributed by atoms with E-state index in [1.54, 1.807) is 6.20 Å². The second kappa shape index (κ2) is 11.3. The van der Waals surface area contributed by atoms with Gasteiger partial charge < -0.3 is 14.2 Å². The molecule has 0 amide bonds. The first-order valence-electron chi connectivity index (χ1n) is 14.7. The first-order valence-corrected chi connectivity index (χ1v) is 14.7. The van der Waals surface area contributed by atoms with Crippen molar-refractivity contribution >= 4 is 22.6 Å². The smallest absolute Gasteiger partial charge is 0.341 e. The Morgan fingerprint density at radius 1 is 0.949 bits per heavy atom. The molecule has 0 fully saturated rings. The number of esters is 1. The molecule has 2 aromatic carbocycles. The summed E-state index contributed by atoms with van der Waals surface area (Å²) >= 11 is 0. The zero-order valence-corrected chi connectivity index (χ0v) is 24.1. The number of nitrogens with zero attached hydrogens (tertiary/aromatic N) is 3. The van der Waals surface area contributed by atoms with Gasteiger partial charge in [0.25, 0.3) is 0 Å². The fraction of sp³-hybridized carbons (Fsp3) is 0.412. The second-order valence-corrected chi connectivity index (χ2v) is 10.6. The average molecular weight is 524 g/mol. The molecule has 3 heterocycles. The van der Waals surface area contributed by atoms with Crippen molar-refractivity contribution < 1.29 is 9.53 Å². The normalized spacial score (nSPS) is 16.5. The lowest BCUT2D eigenvalue weighted by molar-refractivity contribution is 0.0243. The van der Waals surface area contributed by atoms with Gasteiger partial charge >= 0.3 is 5.97 Å². The summed E-state index contributed by atoms with van der Waals surface area (Å²) in [5.74, 6) is -0.315. The van der Waals surface area contributed by atoms with Crippen LogP contribution in [0.15, 0.2) is 60.8 Å². The van der Waals surface area contributed by atoms with Crippen LogP contribution in [0.5, 0.6) is 0 Å². The number of hydrogen-bond acceptors (Lipinski definition) is 4. The predicted octanol–water partition coefficient (Wildman–Crippen LogP) is 7.80. The van der Waals surface area contributed by atoms with Crippen LogP contribution in [0.25, 0.3) is 10.9 Å². The average Bonchev–Trinajstić information content (AvgIpc) is 3.43. The molecule has 0 bridgehead atoms. The van der Waals surface area contributed by atoms with Gasteiger partial charge in [-0.25, -0.2) is 4.79 Å². The van der Waals surface area contributed by atoms with Gasteiger partial charge in [-0.2, -0.15) is 0 Å². The molecule has 1 atom stereocenters. The number of para-hydroxylation sites is 1. The number of aromatic nitrogens is 2. The number of pyridine rings is 1. The maximum absolute atomic E-state index is 13.5. The van der Waals surface area contributed by atoms with E-state index in [9.17, 15) is 4.79 Å². The quantitative estimate of drug-likeness (QED) is 0.188. The molecule has 0 aliphatic carbocycles. The van der Waals surface area contributed by atoms with Crippen molar-refractivity contribution in [1.29, 1.82) is 0 Å². The van der Waals surface area contributed by atoms with E-state index in [-0.39, 0.29) is 5.97 Å². The van der Waals surface area contributed by atoms with Crippen LogP contribution in [-0.4, -0.2) is 28.6 Å². The van der Waals surface area contributed by atoms with E-state index in [0.29, 0.717) is 11.3 Å². The standard InChI is InChI=1S/C34H41N3O2/c1-6-10-21-36(22-11-7-2)26-18-19-29(25(8-3)23-26)34(32-28(33(38)39-34)16-14-20-35-32)31-24(5)37(9-4)30-17-13-12-15-27(30)31/h12-20,23H,6-11,21-22H2,1-5H3. The first-order chi connectivity index (χ1) is 19.0. The van der Waals surface area contributed by atoms with Crippen molar-refractivity contribution in [3.8, 4) is 0 Å². The number of benzene rings is 2. The lowest BCUT2D eigenvalue weighted by atomic mass is 9.78. The zero-order valence-electron chi connectivity index (χ0n) is 24.1. The Bertz CT molecular complexity index is 1480. The highest BCUT2D eigenvalue weighted by molar-refractivity contribution is 5.98. The lowest BCUT2D eigenvalue weighted by Gasteiger charge is -2.33. The number of rotatable bonds is 11. The van der Waals surface area contributed by atoms with Crippen LogP contribution in [0.4, 0.5) is 5.69 Å². The van der Waals surface area contributed by atoms with Crippen LogP contribution in [0.3, 0.4) is 0 Å². The Morgan fingerprint density at radius 2 is 1.69 bits per heavy atom. The van der Waals surface area contributed by atoms with Gasteiger partial charge in [0.1, 0.15) is 5.69 Å². The summed E-state index contributed by atoms with van der Waals surface area (Å²) in [4.78, 5) is 20.9. The predicted molar refractivity (Wildman–Crippen MR) is 160 cm³/mol. The van der Waals surface area contributed by atoms with E-state index >= 15 is 0 Å². The summed E-state index contributed by atoms with van der Waals surface area (Å²) in [6, 6.07) is 18.9. The summed E-state index contributed by atoms with van der Waals surface area (Å²) in [5, 5.41) is 1.10. The lowest BCUT2D eigenvalue weighted by Crippen LogP contribution is -2.33. The summed E-state index contributed by atoms with van der Waals surface area (Å²) in [5.41, 5.74) is 6.82. The monoisotopic (exact) mass is 523 g/mol. The van der Waals surface area contributed by atoms with Gasteiger partial charge in [-0.15, -0.1) is 0 Å². The molecule has 4 aromatic rings. The summed E-state index contributed by atoms with van der Waals surface area (Å²) in [6.45, 7) is 13.9. The number of hydrogen-bond donors (Lipinski definition) is 0. The molecule has 5 nitrogen and oxygen atoms in total. The number of unbranched alkanes of at least 4 members (excludes halogenated alkanes) is 2. The molecule has 39 heavy (non-hydrogen) atoms. The molecule has 0 saturated heterocycles. The minimum absolute atomic E-state index is 0.315. The highest BCUT2D eigenvalue weighted by Gasteiger charge is 2.53. The summed E-state index contributed by atoms with van der Waals surface area (Å²) in [6.07, 6.45) is 7.28. The third kappa shape index (κ3) is 4.42. The molecule has 0 spiro atoms. The van der Waals surface area contributed by atoms with Crippen LogP contribution in [-0.2, 0) is 23.3 Å². The second-order valence-electron chi connectivity index (χ2n) is 10.6. The number of carbonyl (C=O) groups is 1. The zero-order chi connectivity index (χ0) is 27.6.